The van der Waals surface area contributed by atoms with Crippen LogP contribution in [0, 0.1) is 17.1 Å². The second-order valence-corrected chi connectivity index (χ2v) is 6.34. The molecule has 0 N–H and O–H groups in total. The van der Waals surface area contributed by atoms with E-state index in [1.165, 1.54) is 19.9 Å². The van der Waals surface area contributed by atoms with Crippen LogP contribution in [-0.2, 0) is 10.0 Å². The maximum atomic E-state index is 13.5. The molecule has 0 aliphatic carbocycles. The Labute approximate surface area is 119 Å². The van der Waals surface area contributed by atoms with Gasteiger partial charge in [0.15, 0.2) is 0 Å². The van der Waals surface area contributed by atoms with Crippen molar-refractivity contribution in [3.8, 4) is 6.07 Å². The van der Waals surface area contributed by atoms with Gasteiger partial charge in [-0.1, -0.05) is 6.07 Å². The van der Waals surface area contributed by atoms with Gasteiger partial charge in [0.2, 0.25) is 10.0 Å². The summed E-state index contributed by atoms with van der Waals surface area (Å²) < 4.78 is 75.8. The Morgan fingerprint density at radius 2 is 1.90 bits per heavy atom. The highest BCUT2D eigenvalue weighted by Crippen LogP contribution is 2.27. The standard InChI is InChI=1S/C12H12F4N2O2S/c1-8(2)18(7-12(14,15)16)21(19,20)11-5-3-4-10(13)9(11)6-17/h3-5,8H,7H2,1-2H3. The third kappa shape index (κ3) is 3.92. The third-order valence-corrected chi connectivity index (χ3v) is 4.65. The molecule has 0 spiro atoms. The summed E-state index contributed by atoms with van der Waals surface area (Å²) >= 11 is 0. The molecule has 0 aromatic heterocycles. The zero-order valence-electron chi connectivity index (χ0n) is 11.1. The monoisotopic (exact) mass is 324 g/mol. The van der Waals surface area contributed by atoms with Crippen LogP contribution in [0.4, 0.5) is 17.6 Å². The Bertz CT molecular complexity index is 663. The van der Waals surface area contributed by atoms with Crippen molar-refractivity contribution < 1.29 is 26.0 Å². The van der Waals surface area contributed by atoms with E-state index >= 15 is 0 Å². The van der Waals surface area contributed by atoms with E-state index in [4.69, 9.17) is 5.26 Å². The summed E-state index contributed by atoms with van der Waals surface area (Å²) in [7, 11) is -4.65. The van der Waals surface area contributed by atoms with Crippen LogP contribution in [0.25, 0.3) is 0 Å². The van der Waals surface area contributed by atoms with Crippen LogP contribution in [0.5, 0.6) is 0 Å². The molecule has 0 aliphatic rings. The highest BCUT2D eigenvalue weighted by atomic mass is 32.2. The average molecular weight is 324 g/mol. The van der Waals surface area contributed by atoms with Crippen molar-refractivity contribution in [2.75, 3.05) is 6.54 Å². The second-order valence-electron chi connectivity index (χ2n) is 4.48. The van der Waals surface area contributed by atoms with E-state index in [0.717, 1.165) is 18.2 Å². The highest BCUT2D eigenvalue weighted by Gasteiger charge is 2.39. The SMILES string of the molecule is CC(C)N(CC(F)(F)F)S(=O)(=O)c1cccc(F)c1C#N. The van der Waals surface area contributed by atoms with Crippen molar-refractivity contribution >= 4 is 10.0 Å². The molecule has 1 aromatic rings. The van der Waals surface area contributed by atoms with Gasteiger partial charge < -0.3 is 0 Å². The van der Waals surface area contributed by atoms with Crippen molar-refractivity contribution in [3.05, 3.63) is 29.6 Å². The molecule has 9 heteroatoms. The number of nitrogens with zero attached hydrogens (tertiary/aromatic N) is 2. The summed E-state index contributed by atoms with van der Waals surface area (Å²) in [5.41, 5.74) is -0.801. The fourth-order valence-corrected chi connectivity index (χ4v) is 3.45. The van der Waals surface area contributed by atoms with E-state index in [-0.39, 0.29) is 4.31 Å². The van der Waals surface area contributed by atoms with Crippen molar-refractivity contribution in [2.24, 2.45) is 0 Å². The van der Waals surface area contributed by atoms with Crippen LogP contribution in [0.1, 0.15) is 19.4 Å². The van der Waals surface area contributed by atoms with Crippen LogP contribution in [-0.4, -0.2) is 31.5 Å². The number of sulfonamides is 1. The number of hydrogen-bond donors (Lipinski definition) is 0. The van der Waals surface area contributed by atoms with Crippen molar-refractivity contribution in [1.29, 1.82) is 5.26 Å². The van der Waals surface area contributed by atoms with Crippen molar-refractivity contribution in [1.82, 2.24) is 4.31 Å². The summed E-state index contributed by atoms with van der Waals surface area (Å²) in [5.74, 6) is -1.10. The topological polar surface area (TPSA) is 61.2 Å². The lowest BCUT2D eigenvalue weighted by molar-refractivity contribution is -0.138. The van der Waals surface area contributed by atoms with E-state index in [1.54, 1.807) is 0 Å². The predicted molar refractivity (Wildman–Crippen MR) is 66.2 cm³/mol. The lowest BCUT2D eigenvalue weighted by atomic mass is 10.2. The van der Waals surface area contributed by atoms with Gasteiger partial charge in [-0.2, -0.15) is 22.7 Å². The normalized spacial score (nSPS) is 12.7. The minimum absolute atomic E-state index is 0.183. The number of alkyl halides is 3. The molecule has 116 valence electrons. The van der Waals surface area contributed by atoms with Gasteiger partial charge in [0.05, 0.1) is 0 Å². The van der Waals surface area contributed by atoms with E-state index < -0.39 is 45.1 Å². The first-order valence-corrected chi connectivity index (χ1v) is 7.22. The fourth-order valence-electron chi connectivity index (χ4n) is 1.68. The van der Waals surface area contributed by atoms with E-state index in [2.05, 4.69) is 0 Å². The zero-order valence-corrected chi connectivity index (χ0v) is 12.0. The highest BCUT2D eigenvalue weighted by molar-refractivity contribution is 7.89. The Morgan fingerprint density at radius 1 is 1.33 bits per heavy atom. The molecule has 21 heavy (non-hydrogen) atoms. The zero-order chi connectivity index (χ0) is 16.4. The Balaban J connectivity index is 3.45. The number of nitriles is 1. The van der Waals surface area contributed by atoms with Gasteiger partial charge in [0, 0.05) is 6.04 Å². The van der Waals surface area contributed by atoms with Gasteiger partial charge in [0.1, 0.15) is 28.9 Å². The number of rotatable bonds is 4. The predicted octanol–water partition coefficient (Wildman–Crippen LogP) is 2.66. The summed E-state index contributed by atoms with van der Waals surface area (Å²) in [6, 6.07) is 3.15. The Kier molecular flexibility index (Phi) is 4.96. The van der Waals surface area contributed by atoms with Crippen molar-refractivity contribution in [3.63, 3.8) is 0 Å². The molecular formula is C12H12F4N2O2S. The summed E-state index contributed by atoms with van der Waals surface area (Å²) in [6.07, 6.45) is -4.75. The Hall–Kier alpha value is -1.66. The molecule has 0 fully saturated rings. The molecule has 0 bridgehead atoms. The molecule has 4 nitrogen and oxygen atoms in total. The molecular weight excluding hydrogens is 312 g/mol. The number of halogens is 4. The molecule has 0 atom stereocenters. The molecule has 0 saturated carbocycles. The van der Waals surface area contributed by atoms with Gasteiger partial charge in [-0.25, -0.2) is 12.8 Å². The fraction of sp³-hybridized carbons (Fsp3) is 0.417. The van der Waals surface area contributed by atoms with Crippen molar-refractivity contribution in [2.45, 2.75) is 31.0 Å². The summed E-state index contributed by atoms with van der Waals surface area (Å²) in [6.45, 7) is 0.803. The van der Waals surface area contributed by atoms with Gasteiger partial charge in [-0.3, -0.25) is 0 Å². The van der Waals surface area contributed by atoms with Gasteiger partial charge in [0.25, 0.3) is 0 Å². The van der Waals surface area contributed by atoms with E-state index in [9.17, 15) is 26.0 Å². The molecule has 0 heterocycles. The van der Waals surface area contributed by atoms with Crippen LogP contribution in [0.15, 0.2) is 23.1 Å². The first-order chi connectivity index (χ1) is 9.50. The molecule has 0 amide bonds. The molecule has 0 unspecified atom stereocenters. The van der Waals surface area contributed by atoms with Crippen LogP contribution >= 0.6 is 0 Å². The van der Waals surface area contributed by atoms with Crippen LogP contribution < -0.4 is 0 Å². The van der Waals surface area contributed by atoms with E-state index in [1.807, 2.05) is 0 Å². The average Bonchev–Trinajstić information content (AvgIpc) is 2.34. The lowest BCUT2D eigenvalue weighted by Gasteiger charge is -2.27. The third-order valence-electron chi connectivity index (χ3n) is 2.58. The first-order valence-electron chi connectivity index (χ1n) is 5.78. The van der Waals surface area contributed by atoms with Gasteiger partial charge in [-0.15, -0.1) is 0 Å². The van der Waals surface area contributed by atoms with E-state index in [0.29, 0.717) is 0 Å². The maximum absolute atomic E-state index is 13.5. The minimum Gasteiger partial charge on any atom is -0.207 e. The number of hydrogen-bond acceptors (Lipinski definition) is 3. The number of benzene rings is 1. The first kappa shape index (κ1) is 17.4. The molecule has 0 saturated heterocycles. The second kappa shape index (κ2) is 5.99. The molecule has 0 aliphatic heterocycles. The maximum Gasteiger partial charge on any atom is 0.402 e. The minimum atomic E-state index is -4.75. The molecule has 1 aromatic carbocycles. The quantitative estimate of drug-likeness (QED) is 0.800. The van der Waals surface area contributed by atoms with Crippen LogP contribution in [0.2, 0.25) is 0 Å². The summed E-state index contributed by atoms with van der Waals surface area (Å²) in [5, 5.41) is 8.82. The lowest BCUT2D eigenvalue weighted by Crippen LogP contribution is -2.43. The largest absolute Gasteiger partial charge is 0.402 e. The molecule has 1 rings (SSSR count). The molecule has 0 radical (unpaired) electrons. The Morgan fingerprint density at radius 3 is 2.33 bits per heavy atom. The van der Waals surface area contributed by atoms with Gasteiger partial charge >= 0.3 is 6.18 Å². The van der Waals surface area contributed by atoms with Crippen LogP contribution in [0.3, 0.4) is 0 Å². The smallest absolute Gasteiger partial charge is 0.207 e. The summed E-state index contributed by atoms with van der Waals surface area (Å²) in [4.78, 5) is -0.775. The van der Waals surface area contributed by atoms with Gasteiger partial charge in [-0.05, 0) is 26.0 Å².